The van der Waals surface area contributed by atoms with Crippen molar-refractivity contribution < 1.29 is 0 Å². The predicted molar refractivity (Wildman–Crippen MR) is 68.0 cm³/mol. The van der Waals surface area contributed by atoms with E-state index in [0.29, 0.717) is 11.5 Å². The quantitative estimate of drug-likeness (QED) is 0.745. The van der Waals surface area contributed by atoms with Crippen LogP contribution in [0.2, 0.25) is 0 Å². The molecule has 90 valence electrons. The first kappa shape index (κ1) is 13.0. The van der Waals surface area contributed by atoms with Crippen LogP contribution in [0.1, 0.15) is 59.8 Å². The molecule has 1 aliphatic carbocycles. The average molecular weight is 211 g/mol. The molecule has 1 nitrogen and oxygen atoms in total. The molecule has 0 saturated heterocycles. The molecular formula is C14H29N. The van der Waals surface area contributed by atoms with Crippen molar-refractivity contribution in [3.8, 4) is 0 Å². The van der Waals surface area contributed by atoms with Crippen molar-refractivity contribution in [3.05, 3.63) is 0 Å². The molecule has 1 heteroatoms. The largest absolute Gasteiger partial charge is 0.317 e. The zero-order valence-electron chi connectivity index (χ0n) is 11.3. The van der Waals surface area contributed by atoms with Gasteiger partial charge in [-0.2, -0.15) is 0 Å². The van der Waals surface area contributed by atoms with Crippen molar-refractivity contribution >= 4 is 0 Å². The zero-order valence-corrected chi connectivity index (χ0v) is 11.3. The molecule has 0 radical (unpaired) electrons. The first-order valence-corrected chi connectivity index (χ1v) is 6.63. The summed E-state index contributed by atoms with van der Waals surface area (Å²) in [5, 5.41) is 3.37. The fraction of sp³-hybridized carbons (Fsp3) is 1.00. The second-order valence-electron chi connectivity index (χ2n) is 6.35. The molecule has 15 heavy (non-hydrogen) atoms. The summed E-state index contributed by atoms with van der Waals surface area (Å²) in [6.07, 6.45) is 7.11. The first-order valence-electron chi connectivity index (χ1n) is 6.63. The minimum absolute atomic E-state index is 0.511. The first-order chi connectivity index (χ1) is 6.95. The van der Waals surface area contributed by atoms with Crippen LogP contribution in [0.4, 0.5) is 0 Å². The van der Waals surface area contributed by atoms with E-state index in [-0.39, 0.29) is 0 Å². The van der Waals surface area contributed by atoms with Crippen LogP contribution in [-0.2, 0) is 0 Å². The summed E-state index contributed by atoms with van der Waals surface area (Å²) in [6, 6.07) is 0.650. The van der Waals surface area contributed by atoms with Gasteiger partial charge in [0.15, 0.2) is 0 Å². The normalized spacial score (nSPS) is 30.2. The highest BCUT2D eigenvalue weighted by atomic mass is 14.9. The van der Waals surface area contributed by atoms with Gasteiger partial charge in [-0.15, -0.1) is 0 Å². The molecule has 3 atom stereocenters. The Hall–Kier alpha value is -0.0400. The molecule has 1 saturated carbocycles. The smallest absolute Gasteiger partial charge is 0.00409 e. The van der Waals surface area contributed by atoms with E-state index < -0.39 is 0 Å². The molecule has 1 rings (SSSR count). The number of hydrogen-bond acceptors (Lipinski definition) is 1. The Labute approximate surface area is 96.0 Å². The fourth-order valence-electron chi connectivity index (χ4n) is 3.20. The van der Waals surface area contributed by atoms with E-state index in [4.69, 9.17) is 0 Å². The molecule has 0 heterocycles. The molecule has 0 aromatic heterocycles. The Morgan fingerprint density at radius 3 is 2.53 bits per heavy atom. The third-order valence-corrected chi connectivity index (χ3v) is 4.37. The van der Waals surface area contributed by atoms with Gasteiger partial charge in [-0.3, -0.25) is 0 Å². The van der Waals surface area contributed by atoms with Gasteiger partial charge in [0, 0.05) is 6.04 Å². The van der Waals surface area contributed by atoms with Crippen LogP contribution in [0.5, 0.6) is 0 Å². The standard InChI is InChI=1S/C14H29N/c1-11-7-6-8-13(9-11)14(3,4)10-12(2)15-5/h11-13,15H,6-10H2,1-5H3. The number of hydrogen-bond donors (Lipinski definition) is 1. The summed E-state index contributed by atoms with van der Waals surface area (Å²) in [5.74, 6) is 1.89. The van der Waals surface area contributed by atoms with Crippen LogP contribution in [0.15, 0.2) is 0 Å². The van der Waals surface area contributed by atoms with Crippen molar-refractivity contribution in [2.24, 2.45) is 17.3 Å². The van der Waals surface area contributed by atoms with Crippen LogP contribution >= 0.6 is 0 Å². The van der Waals surface area contributed by atoms with Crippen molar-refractivity contribution in [2.45, 2.75) is 65.8 Å². The third-order valence-electron chi connectivity index (χ3n) is 4.37. The minimum Gasteiger partial charge on any atom is -0.317 e. The monoisotopic (exact) mass is 211 g/mol. The lowest BCUT2D eigenvalue weighted by molar-refractivity contribution is 0.111. The van der Waals surface area contributed by atoms with Crippen LogP contribution in [-0.4, -0.2) is 13.1 Å². The van der Waals surface area contributed by atoms with Crippen LogP contribution in [0, 0.1) is 17.3 Å². The van der Waals surface area contributed by atoms with Gasteiger partial charge in [-0.25, -0.2) is 0 Å². The number of rotatable bonds is 4. The van der Waals surface area contributed by atoms with Gasteiger partial charge in [0.1, 0.15) is 0 Å². The average Bonchev–Trinajstić information content (AvgIpc) is 2.17. The Balaban J connectivity index is 2.51. The van der Waals surface area contributed by atoms with Gasteiger partial charge >= 0.3 is 0 Å². The molecule has 0 bridgehead atoms. The summed E-state index contributed by atoms with van der Waals surface area (Å²) in [5.41, 5.74) is 0.511. The molecule has 1 N–H and O–H groups in total. The van der Waals surface area contributed by atoms with E-state index >= 15 is 0 Å². The summed E-state index contributed by atoms with van der Waals surface area (Å²) in [6.45, 7) is 9.64. The molecule has 0 aromatic rings. The van der Waals surface area contributed by atoms with Crippen LogP contribution in [0.25, 0.3) is 0 Å². The number of nitrogens with one attached hydrogen (secondary N) is 1. The molecule has 0 spiro atoms. The Morgan fingerprint density at radius 2 is 2.00 bits per heavy atom. The molecule has 0 aromatic carbocycles. The van der Waals surface area contributed by atoms with E-state index in [0.717, 1.165) is 11.8 Å². The summed E-state index contributed by atoms with van der Waals surface area (Å²) in [7, 11) is 2.07. The van der Waals surface area contributed by atoms with Gasteiger partial charge in [-0.05, 0) is 50.5 Å². The fourth-order valence-corrected chi connectivity index (χ4v) is 3.20. The van der Waals surface area contributed by atoms with Gasteiger partial charge in [-0.1, -0.05) is 33.6 Å². The van der Waals surface area contributed by atoms with E-state index in [1.165, 1.54) is 32.1 Å². The Kier molecular flexibility index (Phi) is 4.64. The molecular weight excluding hydrogens is 182 g/mol. The molecule has 0 aliphatic heterocycles. The summed E-state index contributed by atoms with van der Waals surface area (Å²) >= 11 is 0. The van der Waals surface area contributed by atoms with E-state index in [1.807, 2.05) is 0 Å². The highest BCUT2D eigenvalue weighted by Gasteiger charge is 2.33. The maximum atomic E-state index is 3.37. The van der Waals surface area contributed by atoms with E-state index in [9.17, 15) is 0 Å². The second-order valence-corrected chi connectivity index (χ2v) is 6.35. The molecule has 1 fully saturated rings. The Morgan fingerprint density at radius 1 is 1.33 bits per heavy atom. The molecule has 0 amide bonds. The summed E-state index contributed by atoms with van der Waals surface area (Å²) in [4.78, 5) is 0. The maximum absolute atomic E-state index is 3.37. The maximum Gasteiger partial charge on any atom is 0.00409 e. The lowest BCUT2D eigenvalue weighted by Gasteiger charge is -2.40. The zero-order chi connectivity index (χ0) is 11.5. The third kappa shape index (κ3) is 3.79. The molecule has 1 aliphatic rings. The topological polar surface area (TPSA) is 12.0 Å². The van der Waals surface area contributed by atoms with Gasteiger partial charge < -0.3 is 5.32 Å². The Bertz CT molecular complexity index is 186. The van der Waals surface area contributed by atoms with Crippen molar-refractivity contribution in [2.75, 3.05) is 7.05 Å². The van der Waals surface area contributed by atoms with Crippen molar-refractivity contribution in [1.82, 2.24) is 5.32 Å². The lowest BCUT2D eigenvalue weighted by Crippen LogP contribution is -2.35. The van der Waals surface area contributed by atoms with Crippen molar-refractivity contribution in [1.29, 1.82) is 0 Å². The van der Waals surface area contributed by atoms with Gasteiger partial charge in [0.05, 0.1) is 0 Å². The lowest BCUT2D eigenvalue weighted by atomic mass is 9.66. The minimum atomic E-state index is 0.511. The van der Waals surface area contributed by atoms with Crippen LogP contribution < -0.4 is 5.32 Å². The SMILES string of the molecule is CNC(C)CC(C)(C)C1CCCC(C)C1. The van der Waals surface area contributed by atoms with E-state index in [1.54, 1.807) is 0 Å². The predicted octanol–water partition coefficient (Wildman–Crippen LogP) is 3.84. The van der Waals surface area contributed by atoms with Crippen molar-refractivity contribution in [3.63, 3.8) is 0 Å². The highest BCUT2D eigenvalue weighted by molar-refractivity contribution is 4.85. The van der Waals surface area contributed by atoms with Gasteiger partial charge in [0.2, 0.25) is 0 Å². The van der Waals surface area contributed by atoms with Gasteiger partial charge in [0.25, 0.3) is 0 Å². The highest BCUT2D eigenvalue weighted by Crippen LogP contribution is 2.42. The molecule has 3 unspecified atom stereocenters. The summed E-state index contributed by atoms with van der Waals surface area (Å²) < 4.78 is 0. The van der Waals surface area contributed by atoms with E-state index in [2.05, 4.69) is 40.1 Å². The second kappa shape index (κ2) is 5.34. The van der Waals surface area contributed by atoms with Crippen LogP contribution in [0.3, 0.4) is 0 Å².